The van der Waals surface area contributed by atoms with E-state index in [1.807, 2.05) is 0 Å². The smallest absolute Gasteiger partial charge is 0.303 e. The molecule has 0 aromatic carbocycles. The van der Waals surface area contributed by atoms with E-state index in [1.165, 1.54) is 0 Å². The van der Waals surface area contributed by atoms with Crippen molar-refractivity contribution in [2.75, 3.05) is 0 Å². The van der Waals surface area contributed by atoms with Crippen LogP contribution in [0, 0.1) is 23.7 Å². The molecule has 0 spiro atoms. The quantitative estimate of drug-likeness (QED) is 0.241. The molecule has 0 radical (unpaired) electrons. The minimum atomic E-state index is -0.948. The van der Waals surface area contributed by atoms with Crippen LogP contribution in [-0.4, -0.2) is 44.3 Å². The van der Waals surface area contributed by atoms with Crippen LogP contribution in [0.4, 0.5) is 0 Å². The summed E-state index contributed by atoms with van der Waals surface area (Å²) in [5.41, 5.74) is 2.23. The monoisotopic (exact) mass is 472 g/mol. The van der Waals surface area contributed by atoms with Crippen molar-refractivity contribution in [3.8, 4) is 23.7 Å². The second-order valence-electron chi connectivity index (χ2n) is 7.65. The lowest BCUT2D eigenvalue weighted by Gasteiger charge is -2.06. The van der Waals surface area contributed by atoms with E-state index in [2.05, 4.69) is 36.8 Å². The Bertz CT molecular complexity index is 855. The van der Waals surface area contributed by atoms with Crippen LogP contribution in [0.5, 0.6) is 0 Å². The molecule has 8 nitrogen and oxygen atoms in total. The summed E-state index contributed by atoms with van der Waals surface area (Å²) in [7, 11) is 0. The second kappa shape index (κ2) is 17.7. The predicted octanol–water partition coefficient (Wildman–Crippen LogP) is 4.42. The highest BCUT2D eigenvalue weighted by Gasteiger charge is 2.08. The van der Waals surface area contributed by atoms with Gasteiger partial charge in [0.05, 0.1) is 0 Å². The van der Waals surface area contributed by atoms with Crippen molar-refractivity contribution in [3.63, 3.8) is 0 Å². The first-order chi connectivity index (χ1) is 16.0. The SMILES string of the molecule is C=C(C#C/C(CCCC(=O)O)=C(/C#CC(=C)CCCC(=O)O)CCCC(=O)O)CCCC(=O)O. The maximum Gasteiger partial charge on any atom is 0.303 e. The lowest BCUT2D eigenvalue weighted by molar-refractivity contribution is -0.138. The van der Waals surface area contributed by atoms with Crippen molar-refractivity contribution < 1.29 is 39.6 Å². The molecule has 0 atom stereocenters. The zero-order valence-corrected chi connectivity index (χ0v) is 19.3. The van der Waals surface area contributed by atoms with Crippen molar-refractivity contribution >= 4 is 23.9 Å². The van der Waals surface area contributed by atoms with E-state index in [0.717, 1.165) is 0 Å². The van der Waals surface area contributed by atoms with Crippen LogP contribution in [0.25, 0.3) is 0 Å². The molecule has 0 rings (SSSR count). The molecule has 0 bridgehead atoms. The van der Waals surface area contributed by atoms with Crippen LogP contribution in [0.15, 0.2) is 35.5 Å². The molecule has 0 saturated heterocycles. The van der Waals surface area contributed by atoms with E-state index in [9.17, 15) is 19.2 Å². The van der Waals surface area contributed by atoms with Crippen LogP contribution in [-0.2, 0) is 19.2 Å². The fourth-order valence-electron chi connectivity index (χ4n) is 2.77. The van der Waals surface area contributed by atoms with Crippen molar-refractivity contribution in [3.05, 3.63) is 35.5 Å². The van der Waals surface area contributed by atoms with Crippen LogP contribution in [0.3, 0.4) is 0 Å². The van der Waals surface area contributed by atoms with Crippen molar-refractivity contribution in [2.24, 2.45) is 0 Å². The molecule has 0 aromatic heterocycles. The minimum absolute atomic E-state index is 0.00207. The average Bonchev–Trinajstić information content (AvgIpc) is 2.72. The molecule has 0 aliphatic rings. The highest BCUT2D eigenvalue weighted by molar-refractivity contribution is 5.67. The molecule has 0 heterocycles. The standard InChI is InChI=1S/C26H32O8/c1-19(7-3-11-23(27)28)15-17-21(9-5-13-25(31)32)22(10-6-14-26(33)34)18-16-20(2)8-4-12-24(29)30/h1-14H2,(H,27,28)(H,29,30)(H,31,32)(H,33,34)/b22-21+. The maximum absolute atomic E-state index is 10.9. The van der Waals surface area contributed by atoms with Gasteiger partial charge in [-0.2, -0.15) is 0 Å². The summed E-state index contributed by atoms with van der Waals surface area (Å²) >= 11 is 0. The summed E-state index contributed by atoms with van der Waals surface area (Å²) in [4.78, 5) is 43.2. The highest BCUT2D eigenvalue weighted by Crippen LogP contribution is 2.19. The van der Waals surface area contributed by atoms with Crippen LogP contribution in [0.1, 0.15) is 77.0 Å². The first kappa shape index (κ1) is 30.2. The Morgan fingerprint density at radius 2 is 0.706 bits per heavy atom. The molecule has 0 aliphatic heterocycles. The summed E-state index contributed by atoms with van der Waals surface area (Å²) in [6.45, 7) is 7.68. The Morgan fingerprint density at radius 1 is 0.441 bits per heavy atom. The Kier molecular flexibility index (Phi) is 15.8. The zero-order chi connectivity index (χ0) is 25.9. The summed E-state index contributed by atoms with van der Waals surface area (Å²) in [6, 6.07) is 0. The molecule has 0 saturated carbocycles. The number of rotatable bonds is 16. The van der Waals surface area contributed by atoms with Crippen LogP contribution in [0.2, 0.25) is 0 Å². The Labute approximate surface area is 200 Å². The van der Waals surface area contributed by atoms with Gasteiger partial charge in [0.25, 0.3) is 0 Å². The van der Waals surface area contributed by atoms with Gasteiger partial charge in [-0.3, -0.25) is 19.2 Å². The van der Waals surface area contributed by atoms with Gasteiger partial charge >= 0.3 is 23.9 Å². The van der Waals surface area contributed by atoms with Crippen molar-refractivity contribution in [1.82, 2.24) is 0 Å². The summed E-state index contributed by atoms with van der Waals surface area (Å²) in [5.74, 6) is 8.04. The van der Waals surface area contributed by atoms with Gasteiger partial charge in [-0.05, 0) is 62.5 Å². The summed E-state index contributed by atoms with van der Waals surface area (Å²) in [6.07, 6.45) is 2.73. The predicted molar refractivity (Wildman–Crippen MR) is 127 cm³/mol. The van der Waals surface area contributed by atoms with Crippen LogP contribution < -0.4 is 0 Å². The highest BCUT2D eigenvalue weighted by atomic mass is 16.4. The maximum atomic E-state index is 10.9. The molecular formula is C26H32O8. The number of carboxylic acids is 4. The number of carbonyl (C=O) groups is 4. The van der Waals surface area contributed by atoms with E-state index in [1.54, 1.807) is 0 Å². The second-order valence-corrected chi connectivity index (χ2v) is 7.65. The fourth-order valence-corrected chi connectivity index (χ4v) is 2.77. The number of allylic oxidation sites excluding steroid dienone is 4. The number of hydrogen-bond acceptors (Lipinski definition) is 4. The third kappa shape index (κ3) is 17.9. The average molecular weight is 473 g/mol. The molecule has 0 amide bonds. The van der Waals surface area contributed by atoms with Gasteiger partial charge in [0.2, 0.25) is 0 Å². The van der Waals surface area contributed by atoms with Gasteiger partial charge in [0.1, 0.15) is 0 Å². The molecule has 8 heteroatoms. The van der Waals surface area contributed by atoms with Crippen LogP contribution >= 0.6 is 0 Å². The Morgan fingerprint density at radius 3 is 0.971 bits per heavy atom. The number of hydrogen-bond donors (Lipinski definition) is 4. The topological polar surface area (TPSA) is 149 Å². The minimum Gasteiger partial charge on any atom is -0.481 e. The Balaban J connectivity index is 5.80. The van der Waals surface area contributed by atoms with E-state index in [0.29, 0.717) is 73.7 Å². The lowest BCUT2D eigenvalue weighted by Crippen LogP contribution is -1.98. The van der Waals surface area contributed by atoms with Crippen molar-refractivity contribution in [1.29, 1.82) is 0 Å². The lowest BCUT2D eigenvalue weighted by atomic mass is 9.97. The van der Waals surface area contributed by atoms with Gasteiger partial charge in [-0.1, -0.05) is 36.8 Å². The summed E-state index contributed by atoms with van der Waals surface area (Å²) < 4.78 is 0. The van der Waals surface area contributed by atoms with E-state index in [4.69, 9.17) is 20.4 Å². The molecule has 0 aromatic rings. The summed E-state index contributed by atoms with van der Waals surface area (Å²) in [5, 5.41) is 35.4. The largest absolute Gasteiger partial charge is 0.481 e. The van der Waals surface area contributed by atoms with Gasteiger partial charge in [0, 0.05) is 36.8 Å². The van der Waals surface area contributed by atoms with E-state index < -0.39 is 23.9 Å². The first-order valence-corrected chi connectivity index (χ1v) is 11.0. The molecule has 0 unspecified atom stereocenters. The molecule has 0 fully saturated rings. The normalized spacial score (nSPS) is 10.6. The number of carboxylic acid groups (broad SMARTS) is 4. The molecular weight excluding hydrogens is 440 g/mol. The third-order valence-corrected chi connectivity index (χ3v) is 4.52. The number of aliphatic carboxylic acids is 4. The third-order valence-electron chi connectivity index (χ3n) is 4.52. The van der Waals surface area contributed by atoms with E-state index >= 15 is 0 Å². The van der Waals surface area contributed by atoms with Gasteiger partial charge in [-0.15, -0.1) is 0 Å². The Hall–Kier alpha value is -3.78. The van der Waals surface area contributed by atoms with Crippen molar-refractivity contribution in [2.45, 2.75) is 77.0 Å². The molecule has 184 valence electrons. The van der Waals surface area contributed by atoms with Gasteiger partial charge in [-0.25, -0.2) is 0 Å². The molecule has 0 aliphatic carbocycles. The van der Waals surface area contributed by atoms with Gasteiger partial charge in [0.15, 0.2) is 0 Å². The molecule has 4 N–H and O–H groups in total. The fraction of sp³-hybridized carbons (Fsp3) is 0.462. The zero-order valence-electron chi connectivity index (χ0n) is 19.3. The van der Waals surface area contributed by atoms with Gasteiger partial charge < -0.3 is 20.4 Å². The first-order valence-electron chi connectivity index (χ1n) is 11.0. The van der Waals surface area contributed by atoms with E-state index in [-0.39, 0.29) is 25.7 Å². The molecule has 34 heavy (non-hydrogen) atoms.